The van der Waals surface area contributed by atoms with Gasteiger partial charge in [0.25, 0.3) is 0 Å². The van der Waals surface area contributed by atoms with E-state index >= 15 is 0 Å². The Labute approximate surface area is 56.9 Å². The smallest absolute Gasteiger partial charge is 0.301 e. The largest absolute Gasteiger partial charge is 0.328 e. The van der Waals surface area contributed by atoms with Crippen LogP contribution >= 0.6 is 0 Å². The average molecular weight is 153 g/mol. The van der Waals surface area contributed by atoms with Crippen molar-refractivity contribution in [3.63, 3.8) is 0 Å². The van der Waals surface area contributed by atoms with E-state index in [9.17, 15) is 4.21 Å². The Morgan fingerprint density at radius 3 is 2.78 bits per heavy atom. The lowest BCUT2D eigenvalue weighted by Gasteiger charge is -2.01. The average Bonchev–Trinajstić information content (AvgIpc) is 1.63. The monoisotopic (exact) mass is 153 g/mol. The zero-order valence-electron chi connectivity index (χ0n) is 5.24. The maximum absolute atomic E-state index is 9.83. The van der Waals surface area contributed by atoms with E-state index in [1.54, 1.807) is 0 Å². The predicted octanol–water partition coefficient (Wildman–Crippen LogP) is -0.123. The van der Waals surface area contributed by atoms with Crippen LogP contribution in [0.2, 0.25) is 0 Å². The van der Waals surface area contributed by atoms with Gasteiger partial charge in [0.15, 0.2) is 0 Å². The summed E-state index contributed by atoms with van der Waals surface area (Å²) >= 11 is -2.14. The van der Waals surface area contributed by atoms with Crippen molar-refractivity contribution in [1.82, 2.24) is 0 Å². The number of hydrogen-bond donors (Lipinski definition) is 2. The normalized spacial score (nSPS) is 17.2. The summed E-state index contributed by atoms with van der Waals surface area (Å²) in [6, 6.07) is 0.0218. The van der Waals surface area contributed by atoms with Gasteiger partial charge in [-0.05, 0) is 13.3 Å². The zero-order chi connectivity index (χ0) is 7.28. The molecule has 0 amide bonds. The molecule has 2 atom stereocenters. The van der Waals surface area contributed by atoms with E-state index in [0.29, 0.717) is 6.42 Å². The van der Waals surface area contributed by atoms with Crippen molar-refractivity contribution in [2.75, 3.05) is 6.61 Å². The van der Waals surface area contributed by atoms with E-state index in [2.05, 4.69) is 4.18 Å². The molecule has 9 heavy (non-hydrogen) atoms. The molecule has 3 N–H and O–H groups in total. The Kier molecular flexibility index (Phi) is 4.88. The minimum absolute atomic E-state index is 0.0218. The minimum atomic E-state index is -2.14. The van der Waals surface area contributed by atoms with Gasteiger partial charge in [-0.3, -0.25) is 8.74 Å². The Bertz CT molecular complexity index is 95.8. The molecule has 2 unspecified atom stereocenters. The van der Waals surface area contributed by atoms with Crippen molar-refractivity contribution in [1.29, 1.82) is 0 Å². The van der Waals surface area contributed by atoms with E-state index < -0.39 is 11.4 Å². The van der Waals surface area contributed by atoms with Crippen LogP contribution in [0.4, 0.5) is 0 Å². The van der Waals surface area contributed by atoms with Gasteiger partial charge in [-0.1, -0.05) is 0 Å². The molecule has 5 heteroatoms. The molecule has 0 aromatic rings. The zero-order valence-corrected chi connectivity index (χ0v) is 6.06. The highest BCUT2D eigenvalue weighted by Crippen LogP contribution is 1.88. The Morgan fingerprint density at radius 1 is 1.89 bits per heavy atom. The van der Waals surface area contributed by atoms with Crippen molar-refractivity contribution < 1.29 is 12.9 Å². The van der Waals surface area contributed by atoms with Gasteiger partial charge in [0.2, 0.25) is 0 Å². The predicted molar refractivity (Wildman–Crippen MR) is 35.0 cm³/mol. The highest BCUT2D eigenvalue weighted by molar-refractivity contribution is 7.74. The van der Waals surface area contributed by atoms with Crippen LogP contribution in [0.25, 0.3) is 0 Å². The fourth-order valence-electron chi connectivity index (χ4n) is 0.305. The van der Waals surface area contributed by atoms with Crippen LogP contribution in [-0.2, 0) is 15.5 Å². The summed E-state index contributed by atoms with van der Waals surface area (Å²) in [6.45, 7) is 2.05. The molecular weight excluding hydrogens is 142 g/mol. The molecule has 0 spiro atoms. The molecule has 56 valence electrons. The lowest BCUT2D eigenvalue weighted by molar-refractivity contribution is 0.293. The Balaban J connectivity index is 3.01. The molecule has 0 aromatic heterocycles. The summed E-state index contributed by atoms with van der Waals surface area (Å²) in [5, 5.41) is 0. The van der Waals surface area contributed by atoms with E-state index in [0.717, 1.165) is 0 Å². The first-order valence-electron chi connectivity index (χ1n) is 2.62. The van der Waals surface area contributed by atoms with Crippen LogP contribution < -0.4 is 5.73 Å². The molecule has 0 aliphatic rings. The third-order valence-electron chi connectivity index (χ3n) is 0.757. The molecule has 0 aliphatic carbocycles. The Hall–Kier alpha value is 0.0300. The molecule has 0 radical (unpaired) electrons. The lowest BCUT2D eigenvalue weighted by Crippen LogP contribution is -2.17. The van der Waals surface area contributed by atoms with Crippen molar-refractivity contribution in [3.05, 3.63) is 0 Å². The first-order valence-corrected chi connectivity index (χ1v) is 3.66. The third kappa shape index (κ3) is 8.03. The van der Waals surface area contributed by atoms with Gasteiger partial charge < -0.3 is 5.73 Å². The molecule has 0 saturated heterocycles. The Morgan fingerprint density at radius 2 is 2.44 bits per heavy atom. The number of hydrogen-bond acceptors (Lipinski definition) is 3. The summed E-state index contributed by atoms with van der Waals surface area (Å²) in [4.78, 5) is 0. The number of nitrogens with two attached hydrogens (primary N) is 1. The molecule has 0 fully saturated rings. The maximum Gasteiger partial charge on any atom is 0.301 e. The molecule has 0 bridgehead atoms. The fraction of sp³-hybridized carbons (Fsp3) is 1.00. The second-order valence-electron chi connectivity index (χ2n) is 1.81. The summed E-state index contributed by atoms with van der Waals surface area (Å²) in [6.07, 6.45) is 0.603. The van der Waals surface area contributed by atoms with E-state index in [4.69, 9.17) is 10.3 Å². The lowest BCUT2D eigenvalue weighted by atomic mass is 10.3. The first kappa shape index (κ1) is 9.03. The molecule has 0 aromatic carbocycles. The van der Waals surface area contributed by atoms with Crippen LogP contribution in [0.5, 0.6) is 0 Å². The number of rotatable bonds is 4. The molecular formula is C4H11NO3S. The van der Waals surface area contributed by atoms with E-state index in [-0.39, 0.29) is 12.6 Å². The quantitative estimate of drug-likeness (QED) is 0.552. The topological polar surface area (TPSA) is 72.5 Å². The molecule has 0 heterocycles. The standard InChI is InChI=1S/C4H11NO3S/c1-4(5)2-3-8-9(6)7/h4H,2-3,5H2,1H3,(H,6,7). The van der Waals surface area contributed by atoms with Gasteiger partial charge in [0.1, 0.15) is 0 Å². The van der Waals surface area contributed by atoms with Gasteiger partial charge in [-0.25, -0.2) is 0 Å². The van der Waals surface area contributed by atoms with E-state index in [1.807, 2.05) is 6.92 Å². The summed E-state index contributed by atoms with van der Waals surface area (Å²) < 4.78 is 22.2. The van der Waals surface area contributed by atoms with Gasteiger partial charge >= 0.3 is 11.4 Å². The third-order valence-corrected chi connectivity index (χ3v) is 1.13. The molecule has 0 rings (SSSR count). The first-order chi connectivity index (χ1) is 4.13. The van der Waals surface area contributed by atoms with Gasteiger partial charge in [-0.2, -0.15) is 4.21 Å². The maximum atomic E-state index is 9.83. The van der Waals surface area contributed by atoms with Crippen molar-refractivity contribution >= 4 is 11.4 Å². The van der Waals surface area contributed by atoms with Crippen LogP contribution in [0.1, 0.15) is 13.3 Å². The van der Waals surface area contributed by atoms with Gasteiger partial charge in [0.05, 0.1) is 6.61 Å². The van der Waals surface area contributed by atoms with Crippen LogP contribution in [0, 0.1) is 0 Å². The van der Waals surface area contributed by atoms with Crippen molar-refractivity contribution in [2.24, 2.45) is 5.73 Å². The molecule has 0 saturated carbocycles. The summed E-state index contributed by atoms with van der Waals surface area (Å²) in [5.74, 6) is 0. The minimum Gasteiger partial charge on any atom is -0.328 e. The summed E-state index contributed by atoms with van der Waals surface area (Å²) in [5.41, 5.74) is 5.32. The van der Waals surface area contributed by atoms with Crippen LogP contribution in [0.15, 0.2) is 0 Å². The highest BCUT2D eigenvalue weighted by Gasteiger charge is 1.95. The summed E-state index contributed by atoms with van der Waals surface area (Å²) in [7, 11) is 0. The fourth-order valence-corrected chi connectivity index (χ4v) is 0.544. The van der Waals surface area contributed by atoms with Gasteiger partial charge in [0, 0.05) is 6.04 Å². The highest BCUT2D eigenvalue weighted by atomic mass is 32.2. The second kappa shape index (κ2) is 4.87. The van der Waals surface area contributed by atoms with Crippen LogP contribution in [-0.4, -0.2) is 21.4 Å². The van der Waals surface area contributed by atoms with E-state index in [1.165, 1.54) is 0 Å². The molecule has 4 nitrogen and oxygen atoms in total. The molecule has 0 aliphatic heterocycles. The van der Waals surface area contributed by atoms with Crippen LogP contribution in [0.3, 0.4) is 0 Å². The van der Waals surface area contributed by atoms with Crippen molar-refractivity contribution in [3.8, 4) is 0 Å². The van der Waals surface area contributed by atoms with Crippen molar-refractivity contribution in [2.45, 2.75) is 19.4 Å². The SMILES string of the molecule is CC(N)CCOS(=O)O. The van der Waals surface area contributed by atoms with Gasteiger partial charge in [-0.15, -0.1) is 0 Å². The second-order valence-corrected chi connectivity index (χ2v) is 2.47.